The zero-order valence-corrected chi connectivity index (χ0v) is 12.7. The lowest BCUT2D eigenvalue weighted by Crippen LogP contribution is -2.39. The van der Waals surface area contributed by atoms with Crippen LogP contribution >= 0.6 is 0 Å². The molecule has 0 aliphatic carbocycles. The SMILES string of the molecule is CCCCOCCNC(=NC)NCCc1ccccc1. The van der Waals surface area contributed by atoms with Gasteiger partial charge in [0.1, 0.15) is 0 Å². The van der Waals surface area contributed by atoms with Crippen molar-refractivity contribution in [2.24, 2.45) is 4.99 Å². The predicted octanol–water partition coefficient (Wildman–Crippen LogP) is 2.21. The summed E-state index contributed by atoms with van der Waals surface area (Å²) in [5.74, 6) is 0.833. The molecule has 20 heavy (non-hydrogen) atoms. The highest BCUT2D eigenvalue weighted by Crippen LogP contribution is 1.97. The highest BCUT2D eigenvalue weighted by Gasteiger charge is 1.97. The van der Waals surface area contributed by atoms with E-state index in [0.29, 0.717) is 0 Å². The molecule has 0 bridgehead atoms. The summed E-state index contributed by atoms with van der Waals surface area (Å²) >= 11 is 0. The first-order valence-corrected chi connectivity index (χ1v) is 7.43. The Bertz CT molecular complexity index is 365. The van der Waals surface area contributed by atoms with E-state index in [-0.39, 0.29) is 0 Å². The van der Waals surface area contributed by atoms with Crippen LogP contribution < -0.4 is 10.6 Å². The molecule has 1 rings (SSSR count). The second kappa shape index (κ2) is 11.3. The number of aliphatic imine (C=N–C) groups is 1. The molecule has 2 N–H and O–H groups in total. The van der Waals surface area contributed by atoms with Gasteiger partial charge < -0.3 is 15.4 Å². The molecule has 0 saturated carbocycles. The van der Waals surface area contributed by atoms with Crippen LogP contribution in [0.5, 0.6) is 0 Å². The van der Waals surface area contributed by atoms with Crippen molar-refractivity contribution in [3.05, 3.63) is 35.9 Å². The second-order valence-corrected chi connectivity index (χ2v) is 4.63. The summed E-state index contributed by atoms with van der Waals surface area (Å²) in [5.41, 5.74) is 1.33. The van der Waals surface area contributed by atoms with Gasteiger partial charge in [0.25, 0.3) is 0 Å². The highest BCUT2D eigenvalue weighted by molar-refractivity contribution is 5.79. The fourth-order valence-corrected chi connectivity index (χ4v) is 1.78. The van der Waals surface area contributed by atoms with Gasteiger partial charge >= 0.3 is 0 Å². The maximum absolute atomic E-state index is 5.50. The van der Waals surface area contributed by atoms with Crippen LogP contribution in [0.2, 0.25) is 0 Å². The zero-order chi connectivity index (χ0) is 14.5. The number of unbranched alkanes of at least 4 members (excludes halogenated alkanes) is 1. The lowest BCUT2D eigenvalue weighted by Gasteiger charge is -2.12. The Morgan fingerprint density at radius 1 is 1.10 bits per heavy atom. The molecule has 0 spiro atoms. The molecule has 0 aromatic heterocycles. The molecule has 1 aromatic carbocycles. The first kappa shape index (κ1) is 16.5. The third-order valence-electron chi connectivity index (χ3n) is 2.95. The van der Waals surface area contributed by atoms with Gasteiger partial charge in [-0.3, -0.25) is 4.99 Å². The molecule has 4 nitrogen and oxygen atoms in total. The summed E-state index contributed by atoms with van der Waals surface area (Å²) in [6, 6.07) is 10.4. The quantitative estimate of drug-likeness (QED) is 0.413. The van der Waals surface area contributed by atoms with Crippen LogP contribution in [-0.4, -0.2) is 39.3 Å². The molecule has 0 heterocycles. The van der Waals surface area contributed by atoms with Crippen LogP contribution in [0.1, 0.15) is 25.3 Å². The van der Waals surface area contributed by atoms with Gasteiger partial charge in [0.15, 0.2) is 5.96 Å². The minimum atomic E-state index is 0.722. The summed E-state index contributed by atoms with van der Waals surface area (Å²) in [5, 5.41) is 6.55. The average molecular weight is 277 g/mol. The minimum Gasteiger partial charge on any atom is -0.380 e. The number of nitrogens with one attached hydrogen (secondary N) is 2. The number of hydrogen-bond acceptors (Lipinski definition) is 2. The maximum Gasteiger partial charge on any atom is 0.191 e. The Balaban J connectivity index is 2.08. The maximum atomic E-state index is 5.50. The lowest BCUT2D eigenvalue weighted by atomic mass is 10.1. The van der Waals surface area contributed by atoms with Gasteiger partial charge in [-0.2, -0.15) is 0 Å². The molecule has 0 fully saturated rings. The number of ether oxygens (including phenoxy) is 1. The van der Waals surface area contributed by atoms with Crippen molar-refractivity contribution in [1.29, 1.82) is 0 Å². The second-order valence-electron chi connectivity index (χ2n) is 4.63. The van der Waals surface area contributed by atoms with Crippen LogP contribution in [0, 0.1) is 0 Å². The summed E-state index contributed by atoms with van der Waals surface area (Å²) in [7, 11) is 1.79. The van der Waals surface area contributed by atoms with E-state index in [4.69, 9.17) is 4.74 Å². The topological polar surface area (TPSA) is 45.6 Å². The smallest absolute Gasteiger partial charge is 0.191 e. The number of nitrogens with zero attached hydrogens (tertiary/aromatic N) is 1. The molecular formula is C16H27N3O. The van der Waals surface area contributed by atoms with E-state index in [1.54, 1.807) is 7.05 Å². The van der Waals surface area contributed by atoms with E-state index in [9.17, 15) is 0 Å². The van der Waals surface area contributed by atoms with Crippen molar-refractivity contribution in [2.45, 2.75) is 26.2 Å². The van der Waals surface area contributed by atoms with Crippen molar-refractivity contribution in [3.63, 3.8) is 0 Å². The highest BCUT2D eigenvalue weighted by atomic mass is 16.5. The molecule has 0 radical (unpaired) electrons. The van der Waals surface area contributed by atoms with Gasteiger partial charge in [-0.1, -0.05) is 43.7 Å². The summed E-state index contributed by atoms with van der Waals surface area (Å²) < 4.78 is 5.50. The standard InChI is InChI=1S/C16H27N3O/c1-3-4-13-20-14-12-19-16(17-2)18-11-10-15-8-6-5-7-9-15/h5-9H,3-4,10-14H2,1-2H3,(H2,17,18,19). The van der Waals surface area contributed by atoms with Gasteiger partial charge in [-0.05, 0) is 18.4 Å². The molecule has 0 unspecified atom stereocenters. The monoisotopic (exact) mass is 277 g/mol. The summed E-state index contributed by atoms with van der Waals surface area (Å²) in [4.78, 5) is 4.19. The van der Waals surface area contributed by atoms with Crippen LogP contribution in [0.25, 0.3) is 0 Å². The Hall–Kier alpha value is -1.55. The molecule has 0 atom stereocenters. The Kier molecular flexibility index (Phi) is 9.32. The van der Waals surface area contributed by atoms with E-state index in [0.717, 1.165) is 45.1 Å². The van der Waals surface area contributed by atoms with Crippen molar-refractivity contribution >= 4 is 5.96 Å². The molecule has 0 amide bonds. The van der Waals surface area contributed by atoms with E-state index in [1.165, 1.54) is 12.0 Å². The van der Waals surface area contributed by atoms with E-state index in [2.05, 4.69) is 46.8 Å². The minimum absolute atomic E-state index is 0.722. The molecular weight excluding hydrogens is 250 g/mol. The van der Waals surface area contributed by atoms with Crippen LogP contribution in [0.15, 0.2) is 35.3 Å². The number of benzene rings is 1. The lowest BCUT2D eigenvalue weighted by molar-refractivity contribution is 0.136. The Morgan fingerprint density at radius 2 is 1.85 bits per heavy atom. The summed E-state index contributed by atoms with van der Waals surface area (Å²) in [6.07, 6.45) is 3.30. The van der Waals surface area contributed by atoms with E-state index >= 15 is 0 Å². The largest absolute Gasteiger partial charge is 0.380 e. The number of hydrogen-bond donors (Lipinski definition) is 2. The molecule has 1 aromatic rings. The van der Waals surface area contributed by atoms with Crippen LogP contribution in [0.3, 0.4) is 0 Å². The third-order valence-corrected chi connectivity index (χ3v) is 2.95. The fourth-order valence-electron chi connectivity index (χ4n) is 1.78. The molecule has 4 heteroatoms. The van der Waals surface area contributed by atoms with E-state index < -0.39 is 0 Å². The van der Waals surface area contributed by atoms with Crippen molar-refractivity contribution in [2.75, 3.05) is 33.4 Å². The predicted molar refractivity (Wildman–Crippen MR) is 85.2 cm³/mol. The Morgan fingerprint density at radius 3 is 2.55 bits per heavy atom. The van der Waals surface area contributed by atoms with Crippen molar-refractivity contribution in [1.82, 2.24) is 10.6 Å². The molecule has 0 aliphatic heterocycles. The first-order chi connectivity index (χ1) is 9.86. The Labute approximate surface area is 122 Å². The van der Waals surface area contributed by atoms with Gasteiger partial charge in [0.2, 0.25) is 0 Å². The molecule has 0 aliphatic rings. The molecule has 0 saturated heterocycles. The first-order valence-electron chi connectivity index (χ1n) is 7.43. The zero-order valence-electron chi connectivity index (χ0n) is 12.7. The van der Waals surface area contributed by atoms with Crippen molar-refractivity contribution < 1.29 is 4.74 Å². The van der Waals surface area contributed by atoms with Gasteiger partial charge in [0, 0.05) is 26.7 Å². The third kappa shape index (κ3) is 7.79. The van der Waals surface area contributed by atoms with Crippen LogP contribution in [0.4, 0.5) is 0 Å². The van der Waals surface area contributed by atoms with E-state index in [1.807, 2.05) is 6.07 Å². The normalized spacial score (nSPS) is 11.4. The summed E-state index contributed by atoms with van der Waals surface area (Å²) in [6.45, 7) is 5.40. The van der Waals surface area contributed by atoms with Crippen LogP contribution in [-0.2, 0) is 11.2 Å². The number of rotatable bonds is 9. The fraction of sp³-hybridized carbons (Fsp3) is 0.562. The van der Waals surface area contributed by atoms with Gasteiger partial charge in [0.05, 0.1) is 6.61 Å². The molecule has 112 valence electrons. The number of guanidine groups is 1. The van der Waals surface area contributed by atoms with Crippen molar-refractivity contribution in [3.8, 4) is 0 Å². The average Bonchev–Trinajstić information content (AvgIpc) is 2.50. The van der Waals surface area contributed by atoms with Gasteiger partial charge in [-0.15, -0.1) is 0 Å². The van der Waals surface area contributed by atoms with Gasteiger partial charge in [-0.25, -0.2) is 0 Å².